The van der Waals surface area contributed by atoms with Gasteiger partial charge in [0, 0.05) is 6.54 Å². The molecule has 1 aliphatic rings. The summed E-state index contributed by atoms with van der Waals surface area (Å²) in [5, 5.41) is 3.64. The van der Waals surface area contributed by atoms with E-state index in [0.717, 1.165) is 19.5 Å². The molecular formula is C17H23N3. The van der Waals surface area contributed by atoms with Gasteiger partial charge in [0.25, 0.3) is 0 Å². The van der Waals surface area contributed by atoms with Gasteiger partial charge in [-0.15, -0.1) is 0 Å². The average Bonchev–Trinajstić information content (AvgIpc) is 2.78. The Morgan fingerprint density at radius 1 is 1.20 bits per heavy atom. The van der Waals surface area contributed by atoms with Gasteiger partial charge in [-0.3, -0.25) is 0 Å². The summed E-state index contributed by atoms with van der Waals surface area (Å²) in [7, 11) is 0. The third-order valence-electron chi connectivity index (χ3n) is 4.07. The van der Waals surface area contributed by atoms with Crippen molar-refractivity contribution < 1.29 is 0 Å². The van der Waals surface area contributed by atoms with E-state index in [1.165, 1.54) is 16.8 Å². The summed E-state index contributed by atoms with van der Waals surface area (Å²) in [6, 6.07) is 9.27. The summed E-state index contributed by atoms with van der Waals surface area (Å²) < 4.78 is 2.27. The molecule has 3 nitrogen and oxygen atoms in total. The fraction of sp³-hybridized carbons (Fsp3) is 0.471. The predicted octanol–water partition coefficient (Wildman–Crippen LogP) is 3.26. The highest BCUT2D eigenvalue weighted by atomic mass is 15.1. The monoisotopic (exact) mass is 269 g/mol. The lowest BCUT2D eigenvalue weighted by molar-refractivity contribution is 0.586. The number of aromatic nitrogens is 2. The number of nitrogens with zero attached hydrogens (tertiary/aromatic N) is 2. The van der Waals surface area contributed by atoms with E-state index in [0.29, 0.717) is 0 Å². The van der Waals surface area contributed by atoms with E-state index >= 15 is 0 Å². The van der Waals surface area contributed by atoms with Crippen molar-refractivity contribution in [3.63, 3.8) is 0 Å². The lowest BCUT2D eigenvalue weighted by atomic mass is 9.86. The molecule has 3 rings (SSSR count). The smallest absolute Gasteiger partial charge is 0.0948 e. The van der Waals surface area contributed by atoms with Crippen LogP contribution in [0.5, 0.6) is 0 Å². The van der Waals surface area contributed by atoms with Gasteiger partial charge in [-0.1, -0.05) is 45.0 Å². The molecule has 0 fully saturated rings. The minimum Gasteiger partial charge on any atom is -0.333 e. The molecule has 0 spiro atoms. The van der Waals surface area contributed by atoms with Gasteiger partial charge in [0.1, 0.15) is 0 Å². The summed E-state index contributed by atoms with van der Waals surface area (Å²) in [6.45, 7) is 8.86. The Balaban J connectivity index is 1.94. The Bertz CT molecular complexity index is 575. The van der Waals surface area contributed by atoms with E-state index in [1.54, 1.807) is 0 Å². The van der Waals surface area contributed by atoms with Crippen LogP contribution in [0.4, 0.5) is 0 Å². The Morgan fingerprint density at radius 2 is 1.95 bits per heavy atom. The maximum Gasteiger partial charge on any atom is 0.0948 e. The zero-order valence-electron chi connectivity index (χ0n) is 12.6. The number of hydrogen-bond donors (Lipinski definition) is 1. The summed E-state index contributed by atoms with van der Waals surface area (Å²) in [6.07, 6.45) is 5.08. The lowest BCUT2D eigenvalue weighted by Gasteiger charge is -2.21. The van der Waals surface area contributed by atoms with Crippen LogP contribution in [0.1, 0.15) is 50.1 Å². The first-order valence-corrected chi connectivity index (χ1v) is 7.39. The number of nitrogens with one attached hydrogen (secondary N) is 1. The van der Waals surface area contributed by atoms with E-state index in [2.05, 4.69) is 59.9 Å². The van der Waals surface area contributed by atoms with E-state index in [1.807, 2.05) is 12.5 Å². The number of rotatable bonds is 1. The molecule has 1 aliphatic heterocycles. The maximum absolute atomic E-state index is 4.30. The molecule has 0 saturated carbocycles. The summed E-state index contributed by atoms with van der Waals surface area (Å²) in [5.41, 5.74) is 4.17. The number of imidazole rings is 1. The molecule has 2 aromatic rings. The summed E-state index contributed by atoms with van der Waals surface area (Å²) in [5.74, 6) is 0. The van der Waals surface area contributed by atoms with Gasteiger partial charge >= 0.3 is 0 Å². The fourth-order valence-electron chi connectivity index (χ4n) is 2.82. The second-order valence-corrected chi connectivity index (χ2v) is 6.62. The molecule has 20 heavy (non-hydrogen) atoms. The van der Waals surface area contributed by atoms with Crippen LogP contribution in [0.3, 0.4) is 0 Å². The van der Waals surface area contributed by atoms with Crippen molar-refractivity contribution in [2.45, 2.75) is 45.2 Å². The normalized spacial score (nSPS) is 19.4. The number of fused-ring (bicyclic) bond motifs is 1. The highest BCUT2D eigenvalue weighted by molar-refractivity contribution is 5.33. The van der Waals surface area contributed by atoms with Gasteiger partial charge in [0.2, 0.25) is 0 Å². The molecule has 0 aliphatic carbocycles. The van der Waals surface area contributed by atoms with Crippen molar-refractivity contribution >= 4 is 0 Å². The third-order valence-corrected chi connectivity index (χ3v) is 4.07. The molecule has 0 bridgehead atoms. The van der Waals surface area contributed by atoms with Crippen molar-refractivity contribution in [3.8, 4) is 0 Å². The molecule has 1 unspecified atom stereocenters. The van der Waals surface area contributed by atoms with Crippen LogP contribution in [0.15, 0.2) is 36.8 Å². The minimum atomic E-state index is 0.206. The van der Waals surface area contributed by atoms with Gasteiger partial charge in [-0.2, -0.15) is 0 Å². The number of hydrogen-bond acceptors (Lipinski definition) is 2. The lowest BCUT2D eigenvalue weighted by Crippen LogP contribution is -2.22. The molecule has 2 heterocycles. The second-order valence-electron chi connectivity index (χ2n) is 6.62. The Morgan fingerprint density at radius 3 is 2.65 bits per heavy atom. The summed E-state index contributed by atoms with van der Waals surface area (Å²) in [4.78, 5) is 4.30. The second kappa shape index (κ2) is 5.06. The van der Waals surface area contributed by atoms with Crippen LogP contribution >= 0.6 is 0 Å². The van der Waals surface area contributed by atoms with Crippen LogP contribution in [-0.2, 0) is 12.0 Å². The zero-order valence-corrected chi connectivity index (χ0v) is 12.6. The zero-order chi connectivity index (χ0) is 14.2. The largest absolute Gasteiger partial charge is 0.333 e. The standard InChI is InChI=1S/C17H23N3/c1-17(2,3)14-7-5-13(6-8-14)16-15-11-18-12-20(15)10-4-9-19-16/h5-8,11-12,16,19H,4,9-10H2,1-3H3. The van der Waals surface area contributed by atoms with Crippen molar-refractivity contribution in [1.82, 2.24) is 14.9 Å². The highest BCUT2D eigenvalue weighted by Crippen LogP contribution is 2.27. The van der Waals surface area contributed by atoms with Gasteiger partial charge in [0.15, 0.2) is 0 Å². The molecule has 1 atom stereocenters. The van der Waals surface area contributed by atoms with Gasteiger partial charge in [-0.05, 0) is 29.5 Å². The fourth-order valence-corrected chi connectivity index (χ4v) is 2.82. The van der Waals surface area contributed by atoms with Crippen molar-refractivity contribution in [3.05, 3.63) is 53.6 Å². The molecule has 1 aromatic heterocycles. The molecule has 0 amide bonds. The van der Waals surface area contributed by atoms with Crippen LogP contribution in [0.2, 0.25) is 0 Å². The molecule has 0 radical (unpaired) electrons. The SMILES string of the molecule is CC(C)(C)c1ccc(C2NCCCn3cncc32)cc1. The molecule has 106 valence electrons. The van der Waals surface area contributed by atoms with E-state index in [9.17, 15) is 0 Å². The first-order valence-electron chi connectivity index (χ1n) is 7.39. The van der Waals surface area contributed by atoms with Crippen molar-refractivity contribution in [2.24, 2.45) is 0 Å². The highest BCUT2D eigenvalue weighted by Gasteiger charge is 2.21. The van der Waals surface area contributed by atoms with Crippen molar-refractivity contribution in [1.29, 1.82) is 0 Å². The van der Waals surface area contributed by atoms with Crippen LogP contribution in [-0.4, -0.2) is 16.1 Å². The third kappa shape index (κ3) is 2.50. The van der Waals surface area contributed by atoms with Crippen LogP contribution in [0.25, 0.3) is 0 Å². The molecule has 3 heteroatoms. The topological polar surface area (TPSA) is 29.9 Å². The Kier molecular flexibility index (Phi) is 3.38. The molecule has 1 N–H and O–H groups in total. The summed E-state index contributed by atoms with van der Waals surface area (Å²) >= 11 is 0. The molecule has 1 aromatic carbocycles. The van der Waals surface area contributed by atoms with E-state index in [4.69, 9.17) is 0 Å². The first-order chi connectivity index (χ1) is 9.55. The quantitative estimate of drug-likeness (QED) is 0.861. The predicted molar refractivity (Wildman–Crippen MR) is 81.8 cm³/mol. The maximum atomic E-state index is 4.30. The van der Waals surface area contributed by atoms with E-state index in [-0.39, 0.29) is 11.5 Å². The number of aryl methyl sites for hydroxylation is 1. The van der Waals surface area contributed by atoms with Gasteiger partial charge in [0.05, 0.1) is 24.3 Å². The van der Waals surface area contributed by atoms with Gasteiger partial charge < -0.3 is 9.88 Å². The van der Waals surface area contributed by atoms with E-state index < -0.39 is 0 Å². The minimum absolute atomic E-state index is 0.206. The Hall–Kier alpha value is -1.61. The number of benzene rings is 1. The molecular weight excluding hydrogens is 246 g/mol. The van der Waals surface area contributed by atoms with Crippen molar-refractivity contribution in [2.75, 3.05) is 6.54 Å². The van der Waals surface area contributed by atoms with Gasteiger partial charge in [-0.25, -0.2) is 4.98 Å². The first kappa shape index (κ1) is 13.4. The Labute approximate surface area is 121 Å². The van der Waals surface area contributed by atoms with Crippen LogP contribution in [0, 0.1) is 0 Å². The van der Waals surface area contributed by atoms with Crippen LogP contribution < -0.4 is 5.32 Å². The average molecular weight is 269 g/mol. The molecule has 0 saturated heterocycles.